The van der Waals surface area contributed by atoms with Gasteiger partial charge in [0.15, 0.2) is 0 Å². The standard InChI is InChI=1S/C12H17ClN2O3S/c1-9(16)12(14)8-15-19(17,18)7-6-10-2-4-11(13)5-3-10/h2-7,9,12,15-16H,8,14H2,1H3. The van der Waals surface area contributed by atoms with Crippen molar-refractivity contribution in [3.8, 4) is 0 Å². The molecular weight excluding hydrogens is 288 g/mol. The van der Waals surface area contributed by atoms with E-state index in [-0.39, 0.29) is 6.54 Å². The minimum absolute atomic E-state index is 0.0229. The van der Waals surface area contributed by atoms with Crippen LogP contribution in [0.5, 0.6) is 0 Å². The van der Waals surface area contributed by atoms with Crippen molar-refractivity contribution >= 4 is 27.7 Å². The summed E-state index contributed by atoms with van der Waals surface area (Å²) in [5.74, 6) is 0. The monoisotopic (exact) mass is 304 g/mol. The zero-order valence-electron chi connectivity index (χ0n) is 10.5. The molecule has 0 saturated heterocycles. The van der Waals surface area contributed by atoms with Gasteiger partial charge in [0.2, 0.25) is 10.0 Å². The number of hydrogen-bond donors (Lipinski definition) is 3. The highest BCUT2D eigenvalue weighted by Crippen LogP contribution is 2.11. The van der Waals surface area contributed by atoms with Crippen LogP contribution in [0, 0.1) is 0 Å². The second kappa shape index (κ2) is 7.02. The van der Waals surface area contributed by atoms with E-state index < -0.39 is 22.2 Å². The molecule has 4 N–H and O–H groups in total. The lowest BCUT2D eigenvalue weighted by molar-refractivity contribution is 0.165. The largest absolute Gasteiger partial charge is 0.392 e. The fraction of sp³-hybridized carbons (Fsp3) is 0.333. The third-order valence-electron chi connectivity index (χ3n) is 2.45. The first kappa shape index (κ1) is 16.1. The highest BCUT2D eigenvalue weighted by Gasteiger charge is 2.12. The Morgan fingerprint density at radius 3 is 2.53 bits per heavy atom. The number of rotatable bonds is 6. The number of sulfonamides is 1. The van der Waals surface area contributed by atoms with E-state index in [1.165, 1.54) is 13.0 Å². The van der Waals surface area contributed by atoms with Crippen LogP contribution in [0.4, 0.5) is 0 Å². The lowest BCUT2D eigenvalue weighted by atomic mass is 10.2. The molecule has 0 bridgehead atoms. The molecule has 0 aliphatic heterocycles. The molecule has 7 heteroatoms. The maximum atomic E-state index is 11.6. The van der Waals surface area contributed by atoms with Gasteiger partial charge in [-0.1, -0.05) is 23.7 Å². The van der Waals surface area contributed by atoms with Crippen molar-refractivity contribution in [2.75, 3.05) is 6.54 Å². The minimum Gasteiger partial charge on any atom is -0.392 e. The van der Waals surface area contributed by atoms with Gasteiger partial charge < -0.3 is 10.8 Å². The first-order valence-electron chi connectivity index (χ1n) is 5.67. The molecule has 5 nitrogen and oxygen atoms in total. The first-order valence-corrected chi connectivity index (χ1v) is 7.59. The van der Waals surface area contributed by atoms with Crippen molar-refractivity contribution in [3.63, 3.8) is 0 Å². The molecule has 0 aliphatic carbocycles. The van der Waals surface area contributed by atoms with Crippen molar-refractivity contribution in [1.82, 2.24) is 4.72 Å². The average molecular weight is 305 g/mol. The first-order chi connectivity index (χ1) is 8.80. The number of aliphatic hydroxyl groups is 1. The number of aliphatic hydroxyl groups excluding tert-OH is 1. The molecule has 0 heterocycles. The van der Waals surface area contributed by atoms with E-state index >= 15 is 0 Å². The van der Waals surface area contributed by atoms with Gasteiger partial charge in [-0.25, -0.2) is 13.1 Å². The highest BCUT2D eigenvalue weighted by atomic mass is 35.5. The summed E-state index contributed by atoms with van der Waals surface area (Å²) in [6, 6.07) is 6.11. The van der Waals surface area contributed by atoms with Crippen molar-refractivity contribution in [2.24, 2.45) is 5.73 Å². The number of nitrogens with two attached hydrogens (primary N) is 1. The average Bonchev–Trinajstić information content (AvgIpc) is 2.35. The Bertz CT molecular complexity index is 526. The van der Waals surface area contributed by atoms with Gasteiger partial charge in [-0.05, 0) is 30.7 Å². The molecule has 106 valence electrons. The van der Waals surface area contributed by atoms with E-state index in [1.54, 1.807) is 24.3 Å². The summed E-state index contributed by atoms with van der Waals surface area (Å²) in [4.78, 5) is 0. The summed E-state index contributed by atoms with van der Waals surface area (Å²) in [5.41, 5.74) is 6.25. The van der Waals surface area contributed by atoms with Crippen LogP contribution in [0.2, 0.25) is 5.02 Å². The molecule has 0 spiro atoms. The highest BCUT2D eigenvalue weighted by molar-refractivity contribution is 7.92. The zero-order chi connectivity index (χ0) is 14.5. The van der Waals surface area contributed by atoms with Gasteiger partial charge in [0.05, 0.1) is 6.10 Å². The van der Waals surface area contributed by atoms with Crippen molar-refractivity contribution in [2.45, 2.75) is 19.1 Å². The van der Waals surface area contributed by atoms with E-state index in [2.05, 4.69) is 4.72 Å². The Kier molecular flexibility index (Phi) is 5.96. The van der Waals surface area contributed by atoms with Crippen LogP contribution < -0.4 is 10.5 Å². The van der Waals surface area contributed by atoms with Crippen LogP contribution in [-0.4, -0.2) is 32.2 Å². The van der Waals surface area contributed by atoms with E-state index in [4.69, 9.17) is 22.4 Å². The summed E-state index contributed by atoms with van der Waals surface area (Å²) in [6.45, 7) is 1.48. The predicted molar refractivity (Wildman–Crippen MR) is 77.1 cm³/mol. The Morgan fingerprint density at radius 1 is 1.42 bits per heavy atom. The van der Waals surface area contributed by atoms with Gasteiger partial charge in [-0.2, -0.15) is 0 Å². The summed E-state index contributed by atoms with van der Waals surface area (Å²) in [7, 11) is -3.57. The molecular formula is C12H17ClN2O3S. The van der Waals surface area contributed by atoms with Crippen LogP contribution in [0.15, 0.2) is 29.7 Å². The quantitative estimate of drug-likeness (QED) is 0.729. The second-order valence-electron chi connectivity index (χ2n) is 4.15. The topological polar surface area (TPSA) is 92.4 Å². The lowest BCUT2D eigenvalue weighted by Gasteiger charge is -2.14. The number of benzene rings is 1. The van der Waals surface area contributed by atoms with Crippen LogP contribution in [-0.2, 0) is 10.0 Å². The molecule has 1 aromatic carbocycles. The summed E-state index contributed by atoms with van der Waals surface area (Å²) < 4.78 is 25.6. The molecule has 0 saturated carbocycles. The normalized spacial score (nSPS) is 15.6. The zero-order valence-corrected chi connectivity index (χ0v) is 12.0. The molecule has 2 unspecified atom stereocenters. The fourth-order valence-corrected chi connectivity index (χ4v) is 2.16. The Labute approximate surface area is 118 Å². The van der Waals surface area contributed by atoms with Crippen molar-refractivity contribution < 1.29 is 13.5 Å². The second-order valence-corrected chi connectivity index (χ2v) is 6.24. The minimum atomic E-state index is -3.57. The Morgan fingerprint density at radius 2 is 2.00 bits per heavy atom. The lowest BCUT2D eigenvalue weighted by Crippen LogP contribution is -2.43. The van der Waals surface area contributed by atoms with Gasteiger partial charge in [-0.15, -0.1) is 0 Å². The summed E-state index contributed by atoms with van der Waals surface area (Å²) >= 11 is 5.72. The maximum absolute atomic E-state index is 11.6. The molecule has 1 rings (SSSR count). The molecule has 0 aliphatic rings. The number of hydrogen-bond acceptors (Lipinski definition) is 4. The smallest absolute Gasteiger partial charge is 0.233 e. The molecule has 2 atom stereocenters. The molecule has 0 amide bonds. The SMILES string of the molecule is CC(O)C(N)CNS(=O)(=O)C=Cc1ccc(Cl)cc1. The Balaban J connectivity index is 2.61. The van der Waals surface area contributed by atoms with Gasteiger partial charge in [0.1, 0.15) is 0 Å². The van der Waals surface area contributed by atoms with Crippen LogP contribution in [0.25, 0.3) is 6.08 Å². The predicted octanol–water partition coefficient (Wildman–Crippen LogP) is 0.938. The molecule has 0 radical (unpaired) electrons. The van der Waals surface area contributed by atoms with E-state index in [1.807, 2.05) is 0 Å². The summed E-state index contributed by atoms with van der Waals surface area (Å²) in [5, 5.41) is 10.8. The third kappa shape index (κ3) is 6.17. The van der Waals surface area contributed by atoms with Crippen LogP contribution in [0.1, 0.15) is 12.5 Å². The van der Waals surface area contributed by atoms with Gasteiger partial charge >= 0.3 is 0 Å². The van der Waals surface area contributed by atoms with E-state index in [0.29, 0.717) is 5.02 Å². The van der Waals surface area contributed by atoms with Gasteiger partial charge in [0.25, 0.3) is 0 Å². The molecule has 1 aromatic rings. The fourth-order valence-electron chi connectivity index (χ4n) is 1.17. The van der Waals surface area contributed by atoms with Crippen LogP contribution in [0.3, 0.4) is 0 Å². The number of nitrogens with one attached hydrogen (secondary N) is 1. The summed E-state index contributed by atoms with van der Waals surface area (Å²) in [6.07, 6.45) is 0.676. The molecule has 0 aromatic heterocycles. The molecule has 0 fully saturated rings. The van der Waals surface area contributed by atoms with Crippen LogP contribution >= 0.6 is 11.6 Å². The van der Waals surface area contributed by atoms with Gasteiger partial charge in [0, 0.05) is 23.0 Å². The van der Waals surface area contributed by atoms with E-state index in [9.17, 15) is 8.42 Å². The van der Waals surface area contributed by atoms with Crippen molar-refractivity contribution in [3.05, 3.63) is 40.3 Å². The van der Waals surface area contributed by atoms with Crippen molar-refractivity contribution in [1.29, 1.82) is 0 Å². The Hall–Kier alpha value is -0.920. The number of halogens is 1. The maximum Gasteiger partial charge on any atom is 0.233 e. The third-order valence-corrected chi connectivity index (χ3v) is 3.76. The van der Waals surface area contributed by atoms with E-state index in [0.717, 1.165) is 11.0 Å². The van der Waals surface area contributed by atoms with Gasteiger partial charge in [-0.3, -0.25) is 0 Å². The molecule has 19 heavy (non-hydrogen) atoms.